The van der Waals surface area contributed by atoms with Crippen LogP contribution in [-0.2, 0) is 0 Å². The first-order chi connectivity index (χ1) is 8.77. The van der Waals surface area contributed by atoms with E-state index in [1.807, 2.05) is 25.1 Å². The molecular weight excluding hydrogens is 224 g/mol. The van der Waals surface area contributed by atoms with Crippen LogP contribution in [0.4, 0.5) is 0 Å². The lowest BCUT2D eigenvalue weighted by molar-refractivity contribution is 0.104. The molecule has 0 saturated heterocycles. The first kappa shape index (κ1) is 10.7. The Kier molecular flexibility index (Phi) is 2.45. The van der Waals surface area contributed by atoms with Crippen molar-refractivity contribution < 1.29 is 4.79 Å². The van der Waals surface area contributed by atoms with Crippen LogP contribution >= 0.6 is 0 Å². The highest BCUT2D eigenvalue weighted by molar-refractivity contribution is 6.16. The van der Waals surface area contributed by atoms with Crippen LogP contribution in [0.3, 0.4) is 0 Å². The second-order valence-corrected chi connectivity index (χ2v) is 4.27. The molecule has 0 aliphatic rings. The van der Waals surface area contributed by atoms with E-state index in [0.717, 1.165) is 16.5 Å². The molecule has 0 radical (unpaired) electrons. The molecule has 1 aromatic carbocycles. The van der Waals surface area contributed by atoms with Crippen molar-refractivity contribution in [1.29, 1.82) is 0 Å². The van der Waals surface area contributed by atoms with Crippen molar-refractivity contribution in [3.63, 3.8) is 0 Å². The maximum Gasteiger partial charge on any atom is 0.196 e. The minimum absolute atomic E-state index is 0.00338. The Bertz CT molecular complexity index is 714. The number of ketones is 1. The predicted molar refractivity (Wildman–Crippen MR) is 70.7 cm³/mol. The van der Waals surface area contributed by atoms with Crippen molar-refractivity contribution in [2.45, 2.75) is 6.92 Å². The highest BCUT2D eigenvalue weighted by Gasteiger charge is 2.15. The van der Waals surface area contributed by atoms with Gasteiger partial charge in [-0.2, -0.15) is 0 Å². The molecule has 3 aromatic rings. The molecule has 3 rings (SSSR count). The molecule has 0 aliphatic heterocycles. The van der Waals surface area contributed by atoms with Crippen LogP contribution in [0, 0.1) is 6.92 Å². The topological polar surface area (TPSA) is 45.8 Å². The van der Waals surface area contributed by atoms with E-state index in [-0.39, 0.29) is 5.78 Å². The molecule has 2 heterocycles. The van der Waals surface area contributed by atoms with Gasteiger partial charge in [-0.05, 0) is 30.7 Å². The van der Waals surface area contributed by atoms with E-state index in [1.54, 1.807) is 30.7 Å². The van der Waals surface area contributed by atoms with Crippen LogP contribution < -0.4 is 0 Å². The predicted octanol–water partition coefficient (Wildman–Crippen LogP) is 3.10. The summed E-state index contributed by atoms with van der Waals surface area (Å²) in [5.41, 5.74) is 3.40. The number of nitrogens with one attached hydrogen (secondary N) is 1. The maximum absolute atomic E-state index is 12.4. The van der Waals surface area contributed by atoms with E-state index in [4.69, 9.17) is 0 Å². The first-order valence-electron chi connectivity index (χ1n) is 5.79. The van der Waals surface area contributed by atoms with Gasteiger partial charge in [0.2, 0.25) is 0 Å². The quantitative estimate of drug-likeness (QED) is 0.695. The Morgan fingerprint density at radius 2 is 2.11 bits per heavy atom. The van der Waals surface area contributed by atoms with Crippen molar-refractivity contribution in [3.8, 4) is 0 Å². The number of nitrogens with zero attached hydrogens (tertiary/aromatic N) is 1. The Balaban J connectivity index is 2.19. The number of carbonyl (C=O) groups is 1. The molecule has 0 amide bonds. The van der Waals surface area contributed by atoms with Gasteiger partial charge < -0.3 is 4.98 Å². The average Bonchev–Trinajstić information content (AvgIpc) is 2.84. The average molecular weight is 236 g/mol. The minimum Gasteiger partial charge on any atom is -0.360 e. The smallest absolute Gasteiger partial charge is 0.196 e. The molecule has 0 bridgehead atoms. The van der Waals surface area contributed by atoms with Crippen molar-refractivity contribution >= 4 is 16.7 Å². The fraction of sp³-hybridized carbons (Fsp3) is 0.0667. The van der Waals surface area contributed by atoms with Crippen LogP contribution in [0.2, 0.25) is 0 Å². The van der Waals surface area contributed by atoms with Gasteiger partial charge in [-0.1, -0.05) is 12.1 Å². The lowest BCUT2D eigenvalue weighted by Gasteiger charge is -2.01. The van der Waals surface area contributed by atoms with Gasteiger partial charge in [-0.3, -0.25) is 9.78 Å². The molecule has 88 valence electrons. The van der Waals surface area contributed by atoms with E-state index in [2.05, 4.69) is 9.97 Å². The Morgan fingerprint density at radius 3 is 2.89 bits per heavy atom. The minimum atomic E-state index is 0.00338. The van der Waals surface area contributed by atoms with E-state index in [9.17, 15) is 4.79 Å². The fourth-order valence-electron chi connectivity index (χ4n) is 2.20. The summed E-state index contributed by atoms with van der Waals surface area (Å²) < 4.78 is 0. The van der Waals surface area contributed by atoms with Gasteiger partial charge in [0.05, 0.1) is 0 Å². The van der Waals surface area contributed by atoms with Crippen LogP contribution in [0.15, 0.2) is 48.9 Å². The highest BCUT2D eigenvalue weighted by atomic mass is 16.1. The third-order valence-electron chi connectivity index (χ3n) is 3.08. The molecule has 0 saturated carbocycles. The number of hydrogen-bond donors (Lipinski definition) is 1. The van der Waals surface area contributed by atoms with Crippen LogP contribution in [-0.4, -0.2) is 15.8 Å². The summed E-state index contributed by atoms with van der Waals surface area (Å²) in [4.78, 5) is 19.5. The van der Waals surface area contributed by atoms with E-state index >= 15 is 0 Å². The number of pyridine rings is 1. The van der Waals surface area contributed by atoms with Crippen molar-refractivity contribution in [3.05, 3.63) is 65.6 Å². The number of aromatic nitrogens is 2. The number of aromatic amines is 1. The summed E-state index contributed by atoms with van der Waals surface area (Å²) in [7, 11) is 0. The van der Waals surface area contributed by atoms with Crippen molar-refractivity contribution in [1.82, 2.24) is 9.97 Å². The van der Waals surface area contributed by atoms with Gasteiger partial charge in [0.15, 0.2) is 5.78 Å². The van der Waals surface area contributed by atoms with Crippen molar-refractivity contribution in [2.75, 3.05) is 0 Å². The Morgan fingerprint density at radius 1 is 1.22 bits per heavy atom. The van der Waals surface area contributed by atoms with Gasteiger partial charge in [0, 0.05) is 40.6 Å². The Labute approximate surface area is 104 Å². The lowest BCUT2D eigenvalue weighted by atomic mass is 10.0. The summed E-state index contributed by atoms with van der Waals surface area (Å²) in [5, 5.41) is 0.992. The number of fused-ring (bicyclic) bond motifs is 1. The van der Waals surface area contributed by atoms with Gasteiger partial charge >= 0.3 is 0 Å². The molecule has 0 atom stereocenters. The molecule has 18 heavy (non-hydrogen) atoms. The number of benzene rings is 1. The van der Waals surface area contributed by atoms with Crippen molar-refractivity contribution in [2.24, 2.45) is 0 Å². The van der Waals surface area contributed by atoms with Crippen LogP contribution in [0.25, 0.3) is 10.9 Å². The normalized spacial score (nSPS) is 10.7. The summed E-state index contributed by atoms with van der Waals surface area (Å²) in [6.07, 6.45) is 5.03. The highest BCUT2D eigenvalue weighted by Crippen LogP contribution is 2.24. The molecule has 0 spiro atoms. The largest absolute Gasteiger partial charge is 0.360 e. The molecule has 1 N–H and O–H groups in total. The Hall–Kier alpha value is -2.42. The van der Waals surface area contributed by atoms with Gasteiger partial charge in [-0.15, -0.1) is 0 Å². The zero-order valence-corrected chi connectivity index (χ0v) is 9.97. The number of hydrogen-bond acceptors (Lipinski definition) is 2. The number of aryl methyl sites for hydroxylation is 1. The third kappa shape index (κ3) is 1.61. The van der Waals surface area contributed by atoms with Gasteiger partial charge in [0.1, 0.15) is 0 Å². The lowest BCUT2D eigenvalue weighted by Crippen LogP contribution is -2.01. The third-order valence-corrected chi connectivity index (χ3v) is 3.08. The second-order valence-electron chi connectivity index (χ2n) is 4.27. The standard InChI is InChI=1S/C15H12N2O/c1-10-4-2-6-13-14(10)12(9-17-13)15(18)11-5-3-7-16-8-11/h2-9,17H,1H3. The van der Waals surface area contributed by atoms with E-state index < -0.39 is 0 Å². The summed E-state index contributed by atoms with van der Waals surface area (Å²) in [5.74, 6) is 0.00338. The SMILES string of the molecule is Cc1cccc2[nH]cc(C(=O)c3cccnc3)c12. The maximum atomic E-state index is 12.4. The fourth-order valence-corrected chi connectivity index (χ4v) is 2.20. The molecule has 0 fully saturated rings. The molecule has 3 nitrogen and oxygen atoms in total. The summed E-state index contributed by atoms with van der Waals surface area (Å²) in [6, 6.07) is 9.52. The van der Waals surface area contributed by atoms with Gasteiger partial charge in [-0.25, -0.2) is 0 Å². The number of H-pyrrole nitrogens is 1. The molecule has 3 heteroatoms. The summed E-state index contributed by atoms with van der Waals surface area (Å²) in [6.45, 7) is 2.01. The molecule has 0 unspecified atom stereocenters. The zero-order chi connectivity index (χ0) is 12.5. The second kappa shape index (κ2) is 4.11. The van der Waals surface area contributed by atoms with Crippen LogP contribution in [0.1, 0.15) is 21.5 Å². The van der Waals surface area contributed by atoms with E-state index in [1.165, 1.54) is 0 Å². The first-order valence-corrected chi connectivity index (χ1v) is 5.79. The van der Waals surface area contributed by atoms with Gasteiger partial charge in [0.25, 0.3) is 0 Å². The summed E-state index contributed by atoms with van der Waals surface area (Å²) >= 11 is 0. The van der Waals surface area contributed by atoms with Crippen LogP contribution in [0.5, 0.6) is 0 Å². The number of carbonyl (C=O) groups excluding carboxylic acids is 1. The molecule has 0 aliphatic carbocycles. The van der Waals surface area contributed by atoms with E-state index in [0.29, 0.717) is 11.1 Å². The zero-order valence-electron chi connectivity index (χ0n) is 9.97. The number of rotatable bonds is 2. The monoisotopic (exact) mass is 236 g/mol. The molecular formula is C15H12N2O. The molecule has 2 aromatic heterocycles.